The Morgan fingerprint density at radius 2 is 1.87 bits per heavy atom. The third-order valence-electron chi connectivity index (χ3n) is 4.25. The van der Waals surface area contributed by atoms with Crippen molar-refractivity contribution in [2.45, 2.75) is 25.1 Å². The lowest BCUT2D eigenvalue weighted by Crippen LogP contribution is -2.29. The maximum Gasteiger partial charge on any atom is 0.416 e. The molecule has 0 saturated heterocycles. The number of aliphatic hydroxyl groups excluding tert-OH is 1. The van der Waals surface area contributed by atoms with Crippen LogP contribution >= 0.6 is 11.6 Å². The molecule has 0 aliphatic rings. The molecule has 2 N–H and O–H groups in total. The third kappa shape index (κ3) is 5.58. The van der Waals surface area contributed by atoms with Gasteiger partial charge in [0.05, 0.1) is 11.7 Å². The summed E-state index contributed by atoms with van der Waals surface area (Å²) in [6.07, 6.45) is -5.98. The van der Waals surface area contributed by atoms with Crippen molar-refractivity contribution in [1.29, 1.82) is 0 Å². The number of amides is 1. The Morgan fingerprint density at radius 3 is 2.57 bits per heavy atom. The van der Waals surface area contributed by atoms with Gasteiger partial charge in [0.25, 0.3) is 0 Å². The maximum atomic E-state index is 13.0. The quantitative estimate of drug-likeness (QED) is 0.576. The molecule has 158 valence electrons. The fourth-order valence-electron chi connectivity index (χ4n) is 2.75. The van der Waals surface area contributed by atoms with Gasteiger partial charge < -0.3 is 14.9 Å². The molecule has 2 aromatic carbocycles. The summed E-state index contributed by atoms with van der Waals surface area (Å²) in [5.74, 6) is 0.115. The van der Waals surface area contributed by atoms with Gasteiger partial charge in [0.15, 0.2) is 0 Å². The van der Waals surface area contributed by atoms with Crippen LogP contribution in [0.3, 0.4) is 0 Å². The van der Waals surface area contributed by atoms with Crippen molar-refractivity contribution in [2.24, 2.45) is 0 Å². The number of aliphatic hydroxyl groups is 1. The van der Waals surface area contributed by atoms with Crippen molar-refractivity contribution >= 4 is 17.5 Å². The molecule has 10 heteroatoms. The molecule has 0 saturated carbocycles. The zero-order valence-electron chi connectivity index (χ0n) is 15.5. The zero-order valence-corrected chi connectivity index (χ0v) is 16.2. The number of hydrogen-bond donors (Lipinski definition) is 2. The highest BCUT2D eigenvalue weighted by Crippen LogP contribution is 2.34. The molecule has 0 fully saturated rings. The Kier molecular flexibility index (Phi) is 6.73. The Bertz CT molecular complexity index is 1010. The molecule has 3 aromatic rings. The van der Waals surface area contributed by atoms with Crippen LogP contribution in [0.5, 0.6) is 0 Å². The van der Waals surface area contributed by atoms with Crippen LogP contribution in [0.15, 0.2) is 53.1 Å². The fraction of sp³-hybridized carbons (Fsp3) is 0.250. The molecule has 0 spiro atoms. The van der Waals surface area contributed by atoms with Gasteiger partial charge in [0.1, 0.15) is 0 Å². The van der Waals surface area contributed by atoms with Crippen LogP contribution in [0.25, 0.3) is 11.4 Å². The Labute approximate surface area is 174 Å². The monoisotopic (exact) mass is 439 g/mol. The van der Waals surface area contributed by atoms with Crippen molar-refractivity contribution in [2.75, 3.05) is 6.54 Å². The third-order valence-corrected chi connectivity index (χ3v) is 4.51. The van der Waals surface area contributed by atoms with Crippen LogP contribution in [0.2, 0.25) is 5.02 Å². The predicted octanol–water partition coefficient (Wildman–Crippen LogP) is 4.19. The number of carbonyl (C=O) groups is 1. The lowest BCUT2D eigenvalue weighted by atomic mass is 10.0. The van der Waals surface area contributed by atoms with Gasteiger partial charge in [-0.2, -0.15) is 18.2 Å². The normalized spacial score (nSPS) is 12.6. The molecule has 0 bridgehead atoms. The van der Waals surface area contributed by atoms with E-state index < -0.39 is 23.8 Å². The summed E-state index contributed by atoms with van der Waals surface area (Å²) >= 11 is 5.83. The van der Waals surface area contributed by atoms with Crippen molar-refractivity contribution < 1.29 is 27.6 Å². The lowest BCUT2D eigenvalue weighted by Gasteiger charge is -2.17. The number of carbonyl (C=O) groups excluding carboxylic acids is 1. The molecule has 1 aromatic heterocycles. The molecule has 30 heavy (non-hydrogen) atoms. The first kappa shape index (κ1) is 21.8. The molecule has 1 heterocycles. The summed E-state index contributed by atoms with van der Waals surface area (Å²) < 4.78 is 44.2. The summed E-state index contributed by atoms with van der Waals surface area (Å²) in [5, 5.41) is 16.9. The van der Waals surface area contributed by atoms with E-state index in [9.17, 15) is 23.1 Å². The van der Waals surface area contributed by atoms with Crippen LogP contribution in [-0.2, 0) is 17.4 Å². The Morgan fingerprint density at radius 1 is 1.17 bits per heavy atom. The minimum Gasteiger partial charge on any atom is -0.387 e. The van der Waals surface area contributed by atoms with Crippen LogP contribution in [0.4, 0.5) is 13.2 Å². The van der Waals surface area contributed by atoms with Gasteiger partial charge in [-0.3, -0.25) is 4.79 Å². The smallest absolute Gasteiger partial charge is 0.387 e. The van der Waals surface area contributed by atoms with Gasteiger partial charge in [0.2, 0.25) is 17.6 Å². The van der Waals surface area contributed by atoms with E-state index in [-0.39, 0.29) is 30.8 Å². The zero-order chi connectivity index (χ0) is 21.7. The summed E-state index contributed by atoms with van der Waals surface area (Å²) in [5.41, 5.74) is -0.535. The first-order valence-electron chi connectivity index (χ1n) is 8.93. The number of aromatic nitrogens is 2. The average Bonchev–Trinajstić information content (AvgIpc) is 3.19. The number of rotatable bonds is 7. The van der Waals surface area contributed by atoms with Crippen molar-refractivity contribution in [1.82, 2.24) is 15.5 Å². The summed E-state index contributed by atoms with van der Waals surface area (Å²) in [6.45, 7) is -0.355. The number of hydrogen-bond acceptors (Lipinski definition) is 5. The van der Waals surface area contributed by atoms with E-state index in [4.69, 9.17) is 16.1 Å². The van der Waals surface area contributed by atoms with Crippen LogP contribution in [0, 0.1) is 0 Å². The first-order valence-corrected chi connectivity index (χ1v) is 9.31. The fourth-order valence-corrected chi connectivity index (χ4v) is 2.87. The molecule has 1 unspecified atom stereocenters. The summed E-state index contributed by atoms with van der Waals surface area (Å²) in [7, 11) is 0. The lowest BCUT2D eigenvalue weighted by molar-refractivity contribution is -0.139. The second-order valence-corrected chi connectivity index (χ2v) is 6.86. The van der Waals surface area contributed by atoms with Crippen molar-refractivity contribution in [3.05, 3.63) is 70.6 Å². The van der Waals surface area contributed by atoms with Crippen LogP contribution < -0.4 is 5.32 Å². The maximum absolute atomic E-state index is 13.0. The Hall–Kier alpha value is -2.91. The van der Waals surface area contributed by atoms with Crippen LogP contribution in [-0.4, -0.2) is 27.7 Å². The average molecular weight is 440 g/mol. The number of nitrogens with zero attached hydrogens (tertiary/aromatic N) is 2. The van der Waals surface area contributed by atoms with Gasteiger partial charge in [0, 0.05) is 30.0 Å². The molecule has 3 rings (SSSR count). The summed E-state index contributed by atoms with van der Waals surface area (Å²) in [6, 6.07) is 11.5. The van der Waals surface area contributed by atoms with E-state index in [0.717, 1.165) is 6.07 Å². The second-order valence-electron chi connectivity index (χ2n) is 6.42. The topological polar surface area (TPSA) is 88.2 Å². The molecule has 0 aliphatic carbocycles. The SMILES string of the molecule is O=C(CCc1nc(-c2ccc(Cl)cc2)no1)NCC(O)c1ccccc1C(F)(F)F. The molecular weight excluding hydrogens is 423 g/mol. The standard InChI is InChI=1S/C20H17ClF3N3O3/c21-13-7-5-12(6-8-13)19-26-18(30-27-19)10-9-17(29)25-11-16(28)14-3-1-2-4-15(14)20(22,23)24/h1-8,16,28H,9-11H2,(H,25,29). The van der Waals surface area contributed by atoms with E-state index >= 15 is 0 Å². The minimum absolute atomic E-state index is 0.0319. The second kappa shape index (κ2) is 9.27. The highest BCUT2D eigenvalue weighted by atomic mass is 35.5. The van der Waals surface area contributed by atoms with Crippen molar-refractivity contribution in [3.63, 3.8) is 0 Å². The van der Waals surface area contributed by atoms with Crippen LogP contribution in [0.1, 0.15) is 29.5 Å². The van der Waals surface area contributed by atoms with Gasteiger partial charge in [-0.15, -0.1) is 0 Å². The molecule has 1 amide bonds. The van der Waals surface area contributed by atoms with Gasteiger partial charge in [-0.05, 0) is 35.9 Å². The van der Waals surface area contributed by atoms with Crippen molar-refractivity contribution in [3.8, 4) is 11.4 Å². The highest BCUT2D eigenvalue weighted by molar-refractivity contribution is 6.30. The molecule has 0 radical (unpaired) electrons. The predicted molar refractivity (Wildman–Crippen MR) is 102 cm³/mol. The van der Waals surface area contributed by atoms with Gasteiger partial charge in [-0.25, -0.2) is 0 Å². The first-order chi connectivity index (χ1) is 14.2. The number of halogens is 4. The Balaban J connectivity index is 1.52. The molecular formula is C20H17ClF3N3O3. The molecule has 1 atom stereocenters. The minimum atomic E-state index is -4.60. The molecule has 0 aliphatic heterocycles. The van der Waals surface area contributed by atoms with Gasteiger partial charge >= 0.3 is 6.18 Å². The van der Waals surface area contributed by atoms with Gasteiger partial charge in [-0.1, -0.05) is 35.0 Å². The molecule has 6 nitrogen and oxygen atoms in total. The van der Waals surface area contributed by atoms with E-state index in [0.29, 0.717) is 16.4 Å². The number of nitrogens with one attached hydrogen (secondary N) is 1. The van der Waals surface area contributed by atoms with E-state index in [1.807, 2.05) is 0 Å². The highest BCUT2D eigenvalue weighted by Gasteiger charge is 2.34. The van der Waals surface area contributed by atoms with E-state index in [1.165, 1.54) is 18.2 Å². The van der Waals surface area contributed by atoms with E-state index in [1.54, 1.807) is 24.3 Å². The number of alkyl halides is 3. The largest absolute Gasteiger partial charge is 0.416 e. The number of aryl methyl sites for hydroxylation is 1. The van der Waals surface area contributed by atoms with E-state index in [2.05, 4.69) is 15.5 Å². The number of benzene rings is 2. The summed E-state index contributed by atoms with van der Waals surface area (Å²) in [4.78, 5) is 16.2.